The second kappa shape index (κ2) is 4.78. The van der Waals surface area contributed by atoms with Gasteiger partial charge in [0.05, 0.1) is 0 Å². The molecule has 0 saturated heterocycles. The van der Waals surface area contributed by atoms with Crippen LogP contribution in [0.2, 0.25) is 0 Å². The van der Waals surface area contributed by atoms with E-state index in [0.29, 0.717) is 17.0 Å². The molecule has 0 bridgehead atoms. The summed E-state index contributed by atoms with van der Waals surface area (Å²) in [5.41, 5.74) is 0.972. The van der Waals surface area contributed by atoms with E-state index in [9.17, 15) is 4.39 Å². The predicted octanol–water partition coefficient (Wildman–Crippen LogP) is 3.43. The van der Waals surface area contributed by atoms with Gasteiger partial charge in [-0.1, -0.05) is 12.8 Å². The molecule has 2 unspecified atom stereocenters. The third kappa shape index (κ3) is 2.04. The first-order valence-electron chi connectivity index (χ1n) is 7.26. The van der Waals surface area contributed by atoms with E-state index in [1.807, 2.05) is 13.1 Å². The van der Waals surface area contributed by atoms with E-state index < -0.39 is 0 Å². The molecular weight excluding hydrogens is 241 g/mol. The third-order valence-electron chi connectivity index (χ3n) is 5.08. The molecule has 1 N–H and O–H groups in total. The van der Waals surface area contributed by atoms with Crippen molar-refractivity contribution >= 4 is 0 Å². The molecule has 2 fully saturated rings. The standard InChI is InChI=1S/C16H22FNO/c1-11-9-12(5-6-13(11)17)19-15-10-14(18-2)16(15)7-3-4-8-16/h5-6,9,14-15,18H,3-4,7-8,10H2,1-2H3. The predicted molar refractivity (Wildman–Crippen MR) is 73.9 cm³/mol. The lowest BCUT2D eigenvalue weighted by molar-refractivity contribution is -0.0736. The molecule has 3 rings (SSSR count). The number of hydrogen-bond donors (Lipinski definition) is 1. The first-order valence-corrected chi connectivity index (χ1v) is 7.26. The zero-order valence-electron chi connectivity index (χ0n) is 11.7. The summed E-state index contributed by atoms with van der Waals surface area (Å²) in [5.74, 6) is 0.648. The zero-order chi connectivity index (χ0) is 13.5. The molecule has 2 aliphatic rings. The Morgan fingerprint density at radius 3 is 2.68 bits per heavy atom. The Kier molecular flexibility index (Phi) is 3.25. The minimum Gasteiger partial charge on any atom is -0.490 e. The van der Waals surface area contributed by atoms with Crippen LogP contribution in [0.3, 0.4) is 0 Å². The summed E-state index contributed by atoms with van der Waals surface area (Å²) in [4.78, 5) is 0. The minimum absolute atomic E-state index is 0.162. The largest absolute Gasteiger partial charge is 0.490 e. The van der Waals surface area contributed by atoms with Crippen LogP contribution in [0.5, 0.6) is 5.75 Å². The van der Waals surface area contributed by atoms with Gasteiger partial charge in [-0.15, -0.1) is 0 Å². The smallest absolute Gasteiger partial charge is 0.126 e. The highest BCUT2D eigenvalue weighted by molar-refractivity contribution is 5.30. The Hall–Kier alpha value is -1.09. The number of halogens is 1. The lowest BCUT2D eigenvalue weighted by atomic mass is 9.60. The van der Waals surface area contributed by atoms with Crippen LogP contribution in [0.1, 0.15) is 37.7 Å². The minimum atomic E-state index is -0.162. The maximum atomic E-state index is 13.3. The first kappa shape index (κ1) is 12.9. The highest BCUT2D eigenvalue weighted by Crippen LogP contribution is 2.54. The van der Waals surface area contributed by atoms with Gasteiger partial charge in [0.15, 0.2) is 0 Å². The fourth-order valence-corrected chi connectivity index (χ4v) is 3.88. The van der Waals surface area contributed by atoms with E-state index in [2.05, 4.69) is 5.32 Å². The van der Waals surface area contributed by atoms with Crippen LogP contribution >= 0.6 is 0 Å². The summed E-state index contributed by atoms with van der Waals surface area (Å²) >= 11 is 0. The van der Waals surface area contributed by atoms with Gasteiger partial charge < -0.3 is 10.1 Å². The molecule has 19 heavy (non-hydrogen) atoms. The summed E-state index contributed by atoms with van der Waals surface area (Å²) in [7, 11) is 2.04. The molecule has 104 valence electrons. The molecule has 2 atom stereocenters. The van der Waals surface area contributed by atoms with Crippen molar-refractivity contribution < 1.29 is 9.13 Å². The topological polar surface area (TPSA) is 21.3 Å². The number of benzene rings is 1. The lowest BCUT2D eigenvalue weighted by Crippen LogP contribution is -2.63. The molecule has 0 heterocycles. The van der Waals surface area contributed by atoms with Crippen molar-refractivity contribution in [1.29, 1.82) is 0 Å². The van der Waals surface area contributed by atoms with Gasteiger partial charge in [-0.25, -0.2) is 4.39 Å². The molecule has 1 aromatic rings. The summed E-state index contributed by atoms with van der Waals surface area (Å²) in [6.45, 7) is 1.78. The van der Waals surface area contributed by atoms with E-state index in [1.54, 1.807) is 13.0 Å². The Balaban J connectivity index is 1.75. The van der Waals surface area contributed by atoms with Gasteiger partial charge in [-0.3, -0.25) is 0 Å². The number of hydrogen-bond acceptors (Lipinski definition) is 2. The Morgan fingerprint density at radius 2 is 2.05 bits per heavy atom. The molecule has 0 radical (unpaired) electrons. The highest BCUT2D eigenvalue weighted by atomic mass is 19.1. The van der Waals surface area contributed by atoms with Gasteiger partial charge >= 0.3 is 0 Å². The van der Waals surface area contributed by atoms with E-state index in [0.717, 1.165) is 12.2 Å². The second-order valence-corrected chi connectivity index (χ2v) is 6.03. The zero-order valence-corrected chi connectivity index (χ0v) is 11.7. The van der Waals surface area contributed by atoms with Crippen LogP contribution in [-0.2, 0) is 0 Å². The molecule has 0 aromatic heterocycles. The van der Waals surface area contributed by atoms with Crippen molar-refractivity contribution in [2.24, 2.45) is 5.41 Å². The quantitative estimate of drug-likeness (QED) is 0.902. The molecule has 1 spiro atoms. The lowest BCUT2D eigenvalue weighted by Gasteiger charge is -2.53. The van der Waals surface area contributed by atoms with Gasteiger partial charge in [0.1, 0.15) is 17.7 Å². The SMILES string of the molecule is CNC1CC(Oc2ccc(F)c(C)c2)C12CCCC2. The number of ether oxygens (including phenoxy) is 1. The van der Waals surface area contributed by atoms with Crippen LogP contribution in [-0.4, -0.2) is 19.2 Å². The van der Waals surface area contributed by atoms with Crippen LogP contribution in [0.4, 0.5) is 4.39 Å². The number of rotatable bonds is 3. The summed E-state index contributed by atoms with van der Waals surface area (Å²) in [6.07, 6.45) is 6.47. The molecular formula is C16H22FNO. The normalized spacial score (nSPS) is 28.4. The van der Waals surface area contributed by atoms with Crippen molar-refractivity contribution in [3.05, 3.63) is 29.6 Å². The summed E-state index contributed by atoms with van der Waals surface area (Å²) < 4.78 is 19.4. The average Bonchev–Trinajstić information content (AvgIpc) is 2.90. The van der Waals surface area contributed by atoms with Crippen LogP contribution in [0.15, 0.2) is 18.2 Å². The fourth-order valence-electron chi connectivity index (χ4n) is 3.88. The van der Waals surface area contributed by atoms with Crippen LogP contribution in [0.25, 0.3) is 0 Å². The van der Waals surface area contributed by atoms with Crippen molar-refractivity contribution in [3.63, 3.8) is 0 Å². The summed E-state index contributed by atoms with van der Waals surface area (Å²) in [6, 6.07) is 5.64. The monoisotopic (exact) mass is 263 g/mol. The first-order chi connectivity index (χ1) is 9.15. The third-order valence-corrected chi connectivity index (χ3v) is 5.08. The van der Waals surface area contributed by atoms with Gasteiger partial charge in [-0.05, 0) is 50.6 Å². The van der Waals surface area contributed by atoms with Gasteiger partial charge in [0.2, 0.25) is 0 Å². The van der Waals surface area contributed by atoms with E-state index >= 15 is 0 Å². The van der Waals surface area contributed by atoms with Crippen LogP contribution in [0, 0.1) is 18.2 Å². The molecule has 2 saturated carbocycles. The van der Waals surface area contributed by atoms with E-state index in [1.165, 1.54) is 31.7 Å². The Bertz CT molecular complexity index is 468. The summed E-state index contributed by atoms with van der Waals surface area (Å²) in [5, 5.41) is 3.43. The Morgan fingerprint density at radius 1 is 1.32 bits per heavy atom. The highest BCUT2D eigenvalue weighted by Gasteiger charge is 2.56. The maximum absolute atomic E-state index is 13.3. The fraction of sp³-hybridized carbons (Fsp3) is 0.625. The van der Waals surface area contributed by atoms with Crippen LogP contribution < -0.4 is 10.1 Å². The van der Waals surface area contributed by atoms with Gasteiger partial charge in [-0.2, -0.15) is 0 Å². The number of aryl methyl sites for hydroxylation is 1. The van der Waals surface area contributed by atoms with Crippen molar-refractivity contribution in [1.82, 2.24) is 5.32 Å². The van der Waals surface area contributed by atoms with Crippen molar-refractivity contribution in [2.75, 3.05) is 7.05 Å². The van der Waals surface area contributed by atoms with E-state index in [4.69, 9.17) is 4.74 Å². The second-order valence-electron chi connectivity index (χ2n) is 6.03. The molecule has 2 nitrogen and oxygen atoms in total. The van der Waals surface area contributed by atoms with E-state index in [-0.39, 0.29) is 11.9 Å². The number of nitrogens with one attached hydrogen (secondary N) is 1. The molecule has 3 heteroatoms. The van der Waals surface area contributed by atoms with Gasteiger partial charge in [0, 0.05) is 17.9 Å². The van der Waals surface area contributed by atoms with Crippen molar-refractivity contribution in [3.8, 4) is 5.75 Å². The Labute approximate surface area is 114 Å². The molecule has 0 amide bonds. The van der Waals surface area contributed by atoms with Gasteiger partial charge in [0.25, 0.3) is 0 Å². The molecule has 1 aromatic carbocycles. The average molecular weight is 263 g/mol. The van der Waals surface area contributed by atoms with Crippen molar-refractivity contribution in [2.45, 2.75) is 51.2 Å². The molecule has 2 aliphatic carbocycles. The molecule has 0 aliphatic heterocycles. The maximum Gasteiger partial charge on any atom is 0.126 e.